The molecule has 0 amide bonds. The van der Waals surface area contributed by atoms with E-state index in [2.05, 4.69) is 49.9 Å². The van der Waals surface area contributed by atoms with E-state index < -0.39 is 0 Å². The Balaban J connectivity index is 1.99. The Kier molecular flexibility index (Phi) is 3.39. The van der Waals surface area contributed by atoms with Gasteiger partial charge in [0, 0.05) is 17.1 Å². The van der Waals surface area contributed by atoms with Crippen molar-refractivity contribution >= 4 is 5.69 Å². The number of rotatable bonds is 2. The maximum Gasteiger partial charge on any atom is 0.162 e. The highest BCUT2D eigenvalue weighted by atomic mass is 15.3. The van der Waals surface area contributed by atoms with Crippen LogP contribution >= 0.6 is 0 Å². The van der Waals surface area contributed by atoms with Crippen LogP contribution in [-0.4, -0.2) is 6.17 Å². The van der Waals surface area contributed by atoms with Gasteiger partial charge in [0.15, 0.2) is 1.41 Å². The van der Waals surface area contributed by atoms with Crippen LogP contribution in [0.3, 0.4) is 0 Å². The molecule has 0 bridgehead atoms. The lowest BCUT2D eigenvalue weighted by molar-refractivity contribution is 0.289. The monoisotopic (exact) mass is 271 g/mol. The number of allylic oxidation sites excluding steroid dienone is 2. The molecule has 0 saturated heterocycles. The average molecular weight is 271 g/mol. The summed E-state index contributed by atoms with van der Waals surface area (Å²) in [7, 11) is 0. The second kappa shape index (κ2) is 5.51. The molecule has 2 nitrogen and oxygen atoms in total. The van der Waals surface area contributed by atoms with Crippen molar-refractivity contribution < 1.29 is 1.41 Å². The topological polar surface area (TPSA) is 15.3 Å². The van der Waals surface area contributed by atoms with Crippen molar-refractivity contribution in [2.75, 3.05) is 4.90 Å². The third-order valence-electron chi connectivity index (χ3n) is 4.92. The summed E-state index contributed by atoms with van der Waals surface area (Å²) in [6, 6.07) is 8.56. The molecule has 1 aromatic carbocycles. The third-order valence-corrected chi connectivity index (χ3v) is 4.92. The van der Waals surface area contributed by atoms with E-state index in [0.717, 1.165) is 5.70 Å². The first-order valence-electron chi connectivity index (χ1n) is 8.36. The number of aryl methyl sites for hydroxylation is 1. The SMILES string of the molecule is [2H]N1C(C)=C(C)N(c2ccccc2C)C1C1CCCCC1. The summed E-state index contributed by atoms with van der Waals surface area (Å²) in [5.74, 6) is 0.600. The molecule has 108 valence electrons. The summed E-state index contributed by atoms with van der Waals surface area (Å²) in [5.41, 5.74) is 4.88. The quantitative estimate of drug-likeness (QED) is 0.848. The van der Waals surface area contributed by atoms with Crippen LogP contribution in [0.4, 0.5) is 5.69 Å². The van der Waals surface area contributed by atoms with Gasteiger partial charge in [0.1, 0.15) is 6.17 Å². The van der Waals surface area contributed by atoms with Crippen molar-refractivity contribution in [1.29, 1.82) is 0 Å². The number of hydrogen-bond donors (Lipinski definition) is 1. The summed E-state index contributed by atoms with van der Waals surface area (Å²) in [6.07, 6.45) is 6.67. The smallest absolute Gasteiger partial charge is 0.162 e. The minimum Gasteiger partial charge on any atom is -0.367 e. The van der Waals surface area contributed by atoms with Gasteiger partial charge in [0.05, 0.1) is 0 Å². The zero-order valence-corrected chi connectivity index (χ0v) is 12.9. The summed E-state index contributed by atoms with van der Waals surface area (Å²) in [5, 5.41) is 1.76. The summed E-state index contributed by atoms with van der Waals surface area (Å²) >= 11 is 0. The number of anilines is 1. The number of para-hydroxylation sites is 1. The molecule has 1 saturated carbocycles. The molecule has 20 heavy (non-hydrogen) atoms. The van der Waals surface area contributed by atoms with Crippen LogP contribution in [0, 0.1) is 12.8 Å². The van der Waals surface area contributed by atoms with Gasteiger partial charge < -0.3 is 10.2 Å². The first-order valence-corrected chi connectivity index (χ1v) is 7.91. The first-order chi connectivity index (χ1) is 10.1. The van der Waals surface area contributed by atoms with Crippen LogP contribution in [0.25, 0.3) is 0 Å². The summed E-state index contributed by atoms with van der Waals surface area (Å²) in [4.78, 5) is 2.41. The van der Waals surface area contributed by atoms with Crippen molar-refractivity contribution in [2.45, 2.75) is 59.0 Å². The van der Waals surface area contributed by atoms with Crippen LogP contribution in [0.1, 0.15) is 51.5 Å². The predicted octanol–water partition coefficient (Wildman–Crippen LogP) is 4.56. The standard InChI is InChI=1S/C18H26N2/c1-13-9-7-8-12-17(13)20-15(3)14(2)19-18(20)16-10-5-4-6-11-16/h7-9,12,16,18-19H,4-6,10-11H2,1-3H3/i/hD. The lowest BCUT2D eigenvalue weighted by Crippen LogP contribution is -2.44. The Hall–Kier alpha value is -1.44. The molecule has 0 radical (unpaired) electrons. The maximum absolute atomic E-state index is 8.55. The van der Waals surface area contributed by atoms with Crippen LogP contribution in [0.2, 0.25) is 1.41 Å². The average Bonchev–Trinajstić information content (AvgIpc) is 2.73. The molecule has 1 aliphatic carbocycles. The molecule has 1 aliphatic heterocycles. The molecule has 2 aliphatic rings. The van der Waals surface area contributed by atoms with Gasteiger partial charge >= 0.3 is 0 Å². The highest BCUT2D eigenvalue weighted by molar-refractivity contribution is 5.60. The fourth-order valence-electron chi connectivity index (χ4n) is 3.63. The Bertz CT molecular complexity index is 546. The van der Waals surface area contributed by atoms with Crippen molar-refractivity contribution in [2.24, 2.45) is 5.92 Å². The van der Waals surface area contributed by atoms with Gasteiger partial charge in [0.2, 0.25) is 0 Å². The van der Waals surface area contributed by atoms with E-state index in [-0.39, 0.29) is 6.17 Å². The molecular formula is C18H26N2. The summed E-state index contributed by atoms with van der Waals surface area (Å²) < 4.78 is 8.55. The molecule has 1 N–H and O–H groups in total. The highest BCUT2D eigenvalue weighted by Crippen LogP contribution is 2.37. The molecule has 0 spiro atoms. The Morgan fingerprint density at radius 1 is 1.10 bits per heavy atom. The van der Waals surface area contributed by atoms with Gasteiger partial charge in [-0.1, -0.05) is 37.5 Å². The van der Waals surface area contributed by atoms with E-state index in [1.807, 2.05) is 0 Å². The zero-order chi connectivity index (χ0) is 15.0. The van der Waals surface area contributed by atoms with E-state index in [9.17, 15) is 0 Å². The lowest BCUT2D eigenvalue weighted by Gasteiger charge is -2.37. The molecule has 1 unspecified atom stereocenters. The highest BCUT2D eigenvalue weighted by Gasteiger charge is 2.35. The zero-order valence-electron chi connectivity index (χ0n) is 13.9. The van der Waals surface area contributed by atoms with Gasteiger partial charge in [-0.15, -0.1) is 0 Å². The molecule has 1 aromatic rings. The Labute approximate surface area is 124 Å². The normalized spacial score (nSPS) is 25.4. The van der Waals surface area contributed by atoms with Crippen LogP contribution in [0.5, 0.6) is 0 Å². The van der Waals surface area contributed by atoms with Crippen LogP contribution in [0.15, 0.2) is 35.7 Å². The van der Waals surface area contributed by atoms with Crippen molar-refractivity contribution in [1.82, 2.24) is 5.31 Å². The fourth-order valence-corrected chi connectivity index (χ4v) is 3.63. The van der Waals surface area contributed by atoms with Crippen molar-refractivity contribution in [3.63, 3.8) is 0 Å². The van der Waals surface area contributed by atoms with Crippen molar-refractivity contribution in [3.8, 4) is 0 Å². The molecule has 0 aromatic heterocycles. The molecule has 2 heteroatoms. The second-order valence-electron chi connectivity index (χ2n) is 6.27. The minimum absolute atomic E-state index is 0.173. The first kappa shape index (κ1) is 12.3. The van der Waals surface area contributed by atoms with Crippen LogP contribution < -0.4 is 10.2 Å². The Morgan fingerprint density at radius 3 is 2.50 bits per heavy atom. The molecular weight excluding hydrogens is 244 g/mol. The largest absolute Gasteiger partial charge is 0.367 e. The third kappa shape index (κ3) is 2.32. The van der Waals surface area contributed by atoms with Gasteiger partial charge in [-0.2, -0.15) is 0 Å². The molecule has 1 atom stereocenters. The molecule has 1 fully saturated rings. The van der Waals surface area contributed by atoms with E-state index in [4.69, 9.17) is 1.41 Å². The van der Waals surface area contributed by atoms with Gasteiger partial charge in [-0.3, -0.25) is 0 Å². The van der Waals surface area contributed by atoms with Crippen LogP contribution in [-0.2, 0) is 0 Å². The van der Waals surface area contributed by atoms with Gasteiger partial charge in [-0.05, 0) is 51.2 Å². The predicted molar refractivity (Wildman–Crippen MR) is 85.5 cm³/mol. The van der Waals surface area contributed by atoms with Crippen molar-refractivity contribution in [3.05, 3.63) is 41.2 Å². The van der Waals surface area contributed by atoms with Gasteiger partial charge in [0.25, 0.3) is 0 Å². The Morgan fingerprint density at radius 2 is 1.80 bits per heavy atom. The van der Waals surface area contributed by atoms with Gasteiger partial charge in [-0.25, -0.2) is 0 Å². The maximum atomic E-state index is 8.55. The second-order valence-corrected chi connectivity index (χ2v) is 6.27. The number of nitrogens with zero attached hydrogens (tertiary/aromatic N) is 1. The van der Waals surface area contributed by atoms with E-state index >= 15 is 0 Å². The number of hydrogen-bond acceptors (Lipinski definition) is 2. The summed E-state index contributed by atoms with van der Waals surface area (Å²) in [6.45, 7) is 6.41. The number of nitrogens with one attached hydrogen (secondary N) is 1. The number of benzene rings is 1. The molecule has 1 heterocycles. The molecule has 3 rings (SSSR count). The van der Waals surface area contributed by atoms with E-state index in [1.54, 1.807) is 5.31 Å². The lowest BCUT2D eigenvalue weighted by atomic mass is 9.86. The fraction of sp³-hybridized carbons (Fsp3) is 0.556. The minimum atomic E-state index is 0.173. The van der Waals surface area contributed by atoms with E-state index in [1.165, 1.54) is 49.1 Å². The van der Waals surface area contributed by atoms with E-state index in [0.29, 0.717) is 5.92 Å².